The molecular weight excluding hydrogens is 296 g/mol. The molecule has 4 atom stereocenters. The molecule has 0 spiro atoms. The van der Waals surface area contributed by atoms with Crippen LogP contribution in [0.5, 0.6) is 0 Å². The maximum atomic E-state index is 11.9. The van der Waals surface area contributed by atoms with Crippen molar-refractivity contribution < 1.29 is 23.7 Å². The molecule has 2 heterocycles. The Kier molecular flexibility index (Phi) is 5.11. The van der Waals surface area contributed by atoms with E-state index in [0.29, 0.717) is 0 Å². The molecule has 0 aliphatic carbocycles. The Bertz CT molecular complexity index is 638. The first kappa shape index (κ1) is 16.4. The van der Waals surface area contributed by atoms with E-state index < -0.39 is 41.8 Å². The van der Waals surface area contributed by atoms with E-state index >= 15 is 0 Å². The van der Waals surface area contributed by atoms with Crippen LogP contribution in [-0.2, 0) is 23.7 Å². The monoisotopic (exact) mass is 314 g/mol. The van der Waals surface area contributed by atoms with Gasteiger partial charge in [-0.1, -0.05) is 0 Å². The summed E-state index contributed by atoms with van der Waals surface area (Å²) in [6.07, 6.45) is -1.22. The Morgan fingerprint density at radius 2 is 2.00 bits per heavy atom. The lowest BCUT2D eigenvalue weighted by atomic mass is 10.1. The van der Waals surface area contributed by atoms with Crippen molar-refractivity contribution in [1.29, 1.82) is 0 Å². The second kappa shape index (κ2) is 6.86. The van der Waals surface area contributed by atoms with E-state index in [1.54, 1.807) is 0 Å². The van der Waals surface area contributed by atoms with Crippen molar-refractivity contribution in [3.8, 4) is 0 Å². The molecule has 0 unspecified atom stereocenters. The molecule has 0 amide bonds. The first-order valence-electron chi connectivity index (χ1n) is 6.63. The predicted octanol–water partition coefficient (Wildman–Crippen LogP) is -0.973. The number of carbonyl (C=O) groups excluding carboxylic acids is 1. The molecule has 1 aromatic rings. The molecule has 1 saturated heterocycles. The molecule has 0 bridgehead atoms. The van der Waals surface area contributed by atoms with Crippen LogP contribution in [0.2, 0.25) is 0 Å². The lowest BCUT2D eigenvalue weighted by Crippen LogP contribution is -2.39. The summed E-state index contributed by atoms with van der Waals surface area (Å²) in [4.78, 5) is 36.1. The minimum Gasteiger partial charge on any atom is -0.463 e. The molecule has 0 aromatic carbocycles. The van der Waals surface area contributed by atoms with E-state index in [9.17, 15) is 14.4 Å². The summed E-state index contributed by atoms with van der Waals surface area (Å²) in [5, 5.41) is 0. The van der Waals surface area contributed by atoms with Gasteiger partial charge in [0.15, 0.2) is 6.23 Å². The number of H-pyrrole nitrogens is 1. The molecule has 9 nitrogen and oxygen atoms in total. The van der Waals surface area contributed by atoms with Gasteiger partial charge >= 0.3 is 11.7 Å². The highest BCUT2D eigenvalue weighted by Gasteiger charge is 2.47. The van der Waals surface area contributed by atoms with Gasteiger partial charge in [0.25, 0.3) is 5.56 Å². The van der Waals surface area contributed by atoms with E-state index in [0.717, 1.165) is 0 Å². The first-order valence-corrected chi connectivity index (χ1v) is 6.63. The van der Waals surface area contributed by atoms with Crippen molar-refractivity contribution in [3.05, 3.63) is 33.1 Å². The van der Waals surface area contributed by atoms with E-state index in [1.807, 2.05) is 0 Å². The van der Waals surface area contributed by atoms with Crippen molar-refractivity contribution in [1.82, 2.24) is 9.55 Å². The van der Waals surface area contributed by atoms with Crippen LogP contribution >= 0.6 is 0 Å². The zero-order chi connectivity index (χ0) is 16.3. The third kappa shape index (κ3) is 3.26. The molecule has 122 valence electrons. The molecule has 0 radical (unpaired) electrons. The molecule has 1 aliphatic rings. The van der Waals surface area contributed by atoms with Gasteiger partial charge in [-0.2, -0.15) is 0 Å². The van der Waals surface area contributed by atoms with Crippen LogP contribution in [0.1, 0.15) is 13.2 Å². The number of esters is 1. The van der Waals surface area contributed by atoms with Crippen LogP contribution < -0.4 is 11.2 Å². The van der Waals surface area contributed by atoms with Crippen molar-refractivity contribution >= 4 is 5.97 Å². The van der Waals surface area contributed by atoms with Gasteiger partial charge in [0, 0.05) is 33.4 Å². The van der Waals surface area contributed by atoms with E-state index in [1.165, 1.54) is 38.0 Å². The number of carbonyl (C=O) groups is 1. The zero-order valence-corrected chi connectivity index (χ0v) is 12.5. The second-order valence-electron chi connectivity index (χ2n) is 4.79. The van der Waals surface area contributed by atoms with Crippen molar-refractivity contribution in [2.24, 2.45) is 0 Å². The molecule has 1 N–H and O–H groups in total. The third-order valence-corrected chi connectivity index (χ3v) is 3.41. The summed E-state index contributed by atoms with van der Waals surface area (Å²) in [6, 6.07) is 1.21. The normalized spacial score (nSPS) is 27.8. The number of aromatic amines is 1. The highest BCUT2D eigenvalue weighted by atomic mass is 16.6. The molecule has 1 aliphatic heterocycles. The van der Waals surface area contributed by atoms with Crippen molar-refractivity contribution in [3.63, 3.8) is 0 Å². The number of rotatable bonds is 5. The number of nitrogens with one attached hydrogen (secondary N) is 1. The first-order chi connectivity index (χ1) is 10.5. The summed E-state index contributed by atoms with van der Waals surface area (Å²) in [5.41, 5.74) is -1.13. The summed E-state index contributed by atoms with van der Waals surface area (Å²) in [6.45, 7) is 1.26. The molecule has 2 rings (SSSR count). The Hall–Kier alpha value is -1.97. The largest absolute Gasteiger partial charge is 0.463 e. The summed E-state index contributed by atoms with van der Waals surface area (Å²) in [5.74, 6) is -0.447. The third-order valence-electron chi connectivity index (χ3n) is 3.41. The standard InChI is InChI=1S/C13H18N2O7/c1-7(16)21-6-8-10(19-2)11(20-3)12(22-8)15-5-4-9(17)14-13(15)18/h4-5,8,10-12H,6H2,1-3H3,(H,14,17,18)/t8-,10-,11-,12-/m1/s1. The number of aromatic nitrogens is 2. The highest BCUT2D eigenvalue weighted by molar-refractivity contribution is 5.65. The fourth-order valence-corrected chi connectivity index (χ4v) is 2.43. The second-order valence-corrected chi connectivity index (χ2v) is 4.79. The lowest BCUT2D eigenvalue weighted by molar-refractivity contribution is -0.148. The minimum atomic E-state index is -0.806. The van der Waals surface area contributed by atoms with Gasteiger partial charge < -0.3 is 18.9 Å². The molecule has 1 fully saturated rings. The van der Waals surface area contributed by atoms with Gasteiger partial charge in [-0.15, -0.1) is 0 Å². The van der Waals surface area contributed by atoms with Crippen LogP contribution in [0.15, 0.2) is 21.9 Å². The van der Waals surface area contributed by atoms with E-state index in [-0.39, 0.29) is 6.61 Å². The Morgan fingerprint density at radius 3 is 2.55 bits per heavy atom. The number of hydrogen-bond acceptors (Lipinski definition) is 7. The summed E-state index contributed by atoms with van der Waals surface area (Å²) in [7, 11) is 2.93. The zero-order valence-electron chi connectivity index (χ0n) is 12.5. The molecular formula is C13H18N2O7. The Labute approximate surface area is 125 Å². The summed E-state index contributed by atoms with van der Waals surface area (Å²) >= 11 is 0. The van der Waals surface area contributed by atoms with Crippen molar-refractivity contribution in [2.45, 2.75) is 31.5 Å². The van der Waals surface area contributed by atoms with Crippen molar-refractivity contribution in [2.75, 3.05) is 20.8 Å². The average Bonchev–Trinajstić information content (AvgIpc) is 2.82. The van der Waals surface area contributed by atoms with E-state index in [2.05, 4.69) is 4.98 Å². The van der Waals surface area contributed by atoms with Crippen LogP contribution in [0.25, 0.3) is 0 Å². The van der Waals surface area contributed by atoms with Gasteiger partial charge in [-0.05, 0) is 0 Å². The topological polar surface area (TPSA) is 109 Å². The fourth-order valence-electron chi connectivity index (χ4n) is 2.43. The Balaban J connectivity index is 2.28. The van der Waals surface area contributed by atoms with Crippen LogP contribution in [-0.4, -0.2) is 54.7 Å². The molecule has 0 saturated carbocycles. The van der Waals surface area contributed by atoms with Gasteiger partial charge in [-0.3, -0.25) is 19.1 Å². The highest BCUT2D eigenvalue weighted by Crippen LogP contribution is 2.32. The smallest absolute Gasteiger partial charge is 0.330 e. The van der Waals surface area contributed by atoms with Crippen LogP contribution in [0.4, 0.5) is 0 Å². The van der Waals surface area contributed by atoms with Crippen LogP contribution in [0.3, 0.4) is 0 Å². The van der Waals surface area contributed by atoms with Gasteiger partial charge in [0.2, 0.25) is 0 Å². The minimum absolute atomic E-state index is 0.0255. The average molecular weight is 314 g/mol. The van der Waals surface area contributed by atoms with Gasteiger partial charge in [0.1, 0.15) is 24.9 Å². The molecule has 1 aromatic heterocycles. The van der Waals surface area contributed by atoms with Gasteiger partial charge in [-0.25, -0.2) is 4.79 Å². The number of hydrogen-bond donors (Lipinski definition) is 1. The molecule has 22 heavy (non-hydrogen) atoms. The Morgan fingerprint density at radius 1 is 1.32 bits per heavy atom. The number of methoxy groups -OCH3 is 2. The van der Waals surface area contributed by atoms with Gasteiger partial charge in [0.05, 0.1) is 0 Å². The number of nitrogens with zero attached hydrogens (tertiary/aromatic N) is 1. The summed E-state index contributed by atoms with van der Waals surface area (Å²) < 4.78 is 22.6. The molecule has 9 heteroatoms. The maximum Gasteiger partial charge on any atom is 0.330 e. The SMILES string of the molecule is CO[C@@H]1[C@H](OC)[C@@H](COC(C)=O)O[C@H]1n1ccc(=O)[nH]c1=O. The van der Waals surface area contributed by atoms with Crippen LogP contribution in [0, 0.1) is 0 Å². The van der Waals surface area contributed by atoms with E-state index in [4.69, 9.17) is 18.9 Å². The fraction of sp³-hybridized carbons (Fsp3) is 0.615. The maximum absolute atomic E-state index is 11.9. The predicted molar refractivity (Wildman–Crippen MR) is 73.5 cm³/mol. The number of ether oxygens (including phenoxy) is 4. The lowest BCUT2D eigenvalue weighted by Gasteiger charge is -2.22. The quantitative estimate of drug-likeness (QED) is 0.696.